The third-order valence-electron chi connectivity index (χ3n) is 2.75. The van der Waals surface area contributed by atoms with Crippen molar-refractivity contribution in [3.8, 4) is 0 Å². The minimum atomic E-state index is 0.938. The molecule has 0 fully saturated rings. The number of benzene rings is 1. The van der Waals surface area contributed by atoms with Crippen LogP contribution in [0.3, 0.4) is 0 Å². The van der Waals surface area contributed by atoms with Crippen LogP contribution in [-0.4, -0.2) is 12.0 Å². The maximum Gasteiger partial charge on any atom is 0.126 e. The Labute approximate surface area is 90.3 Å². The van der Waals surface area contributed by atoms with Crippen LogP contribution >= 0.6 is 0 Å². The molecule has 2 aromatic rings. The molecule has 1 heterocycles. The molecule has 0 saturated carbocycles. The molecule has 2 heteroatoms. The first-order valence-electron chi connectivity index (χ1n) is 5.32. The summed E-state index contributed by atoms with van der Waals surface area (Å²) in [7, 11) is 1.90. The number of pyridine rings is 1. The lowest BCUT2D eigenvalue weighted by Crippen LogP contribution is -1.95. The van der Waals surface area contributed by atoms with Crippen LogP contribution in [-0.2, 0) is 6.42 Å². The van der Waals surface area contributed by atoms with Crippen molar-refractivity contribution in [2.75, 3.05) is 12.4 Å². The first-order chi connectivity index (χ1) is 7.24. The zero-order valence-corrected chi connectivity index (χ0v) is 9.46. The molecule has 2 rings (SSSR count). The van der Waals surface area contributed by atoms with Gasteiger partial charge in [0, 0.05) is 18.1 Å². The molecule has 0 radical (unpaired) electrons. The van der Waals surface area contributed by atoms with Gasteiger partial charge in [0.05, 0.1) is 0 Å². The van der Waals surface area contributed by atoms with E-state index >= 15 is 0 Å². The van der Waals surface area contributed by atoms with Crippen LogP contribution in [0.25, 0.3) is 10.8 Å². The molecule has 78 valence electrons. The summed E-state index contributed by atoms with van der Waals surface area (Å²) in [6, 6.07) is 8.68. The predicted molar refractivity (Wildman–Crippen MR) is 65.4 cm³/mol. The van der Waals surface area contributed by atoms with E-state index in [9.17, 15) is 0 Å². The highest BCUT2D eigenvalue weighted by Crippen LogP contribution is 2.21. The summed E-state index contributed by atoms with van der Waals surface area (Å²) in [5.74, 6) is 0.938. The molecule has 0 aliphatic carbocycles. The van der Waals surface area contributed by atoms with E-state index in [2.05, 4.69) is 48.4 Å². The lowest BCUT2D eigenvalue weighted by molar-refractivity contribution is 1.14. The van der Waals surface area contributed by atoms with Crippen LogP contribution in [0.5, 0.6) is 0 Å². The summed E-state index contributed by atoms with van der Waals surface area (Å²) in [4.78, 5) is 4.46. The third kappa shape index (κ3) is 1.80. The van der Waals surface area contributed by atoms with Gasteiger partial charge in [0.1, 0.15) is 5.82 Å². The molecule has 15 heavy (non-hydrogen) atoms. The Morgan fingerprint density at radius 1 is 1.27 bits per heavy atom. The van der Waals surface area contributed by atoms with E-state index in [-0.39, 0.29) is 0 Å². The van der Waals surface area contributed by atoms with Crippen molar-refractivity contribution in [2.45, 2.75) is 20.3 Å². The van der Waals surface area contributed by atoms with Gasteiger partial charge in [-0.25, -0.2) is 4.98 Å². The lowest BCUT2D eigenvalue weighted by Gasteiger charge is -2.07. The molecule has 0 bridgehead atoms. The number of anilines is 1. The molecular formula is C13H16N2. The molecular weight excluding hydrogens is 184 g/mol. The molecule has 0 unspecified atom stereocenters. The second-order valence-corrected chi connectivity index (χ2v) is 3.75. The summed E-state index contributed by atoms with van der Waals surface area (Å²) in [6.07, 6.45) is 1.08. The zero-order valence-electron chi connectivity index (χ0n) is 9.46. The van der Waals surface area contributed by atoms with E-state index < -0.39 is 0 Å². The van der Waals surface area contributed by atoms with E-state index in [1.807, 2.05) is 7.05 Å². The number of aromatic nitrogens is 1. The molecule has 0 amide bonds. The van der Waals surface area contributed by atoms with Crippen molar-refractivity contribution in [1.29, 1.82) is 0 Å². The second-order valence-electron chi connectivity index (χ2n) is 3.75. The van der Waals surface area contributed by atoms with E-state index in [4.69, 9.17) is 0 Å². The largest absolute Gasteiger partial charge is 0.373 e. The Kier molecular flexibility index (Phi) is 2.58. The van der Waals surface area contributed by atoms with Gasteiger partial charge in [0.15, 0.2) is 0 Å². The van der Waals surface area contributed by atoms with Crippen molar-refractivity contribution < 1.29 is 0 Å². The van der Waals surface area contributed by atoms with Crippen LogP contribution < -0.4 is 5.32 Å². The quantitative estimate of drug-likeness (QED) is 0.805. The third-order valence-corrected chi connectivity index (χ3v) is 2.75. The Balaban J connectivity index is 2.69. The summed E-state index contributed by atoms with van der Waals surface area (Å²) >= 11 is 0. The van der Waals surface area contributed by atoms with Crippen molar-refractivity contribution in [3.05, 3.63) is 35.5 Å². The van der Waals surface area contributed by atoms with Crippen LogP contribution in [0.1, 0.15) is 18.2 Å². The van der Waals surface area contributed by atoms with Gasteiger partial charge in [-0.05, 0) is 30.4 Å². The monoisotopic (exact) mass is 200 g/mol. The fourth-order valence-electron chi connectivity index (χ4n) is 1.83. The molecule has 2 nitrogen and oxygen atoms in total. The highest BCUT2D eigenvalue weighted by atomic mass is 15.0. The summed E-state index contributed by atoms with van der Waals surface area (Å²) in [5.41, 5.74) is 2.45. The average Bonchev–Trinajstić information content (AvgIpc) is 2.28. The summed E-state index contributed by atoms with van der Waals surface area (Å²) < 4.78 is 0. The van der Waals surface area contributed by atoms with E-state index in [1.54, 1.807) is 0 Å². The summed E-state index contributed by atoms with van der Waals surface area (Å²) in [6.45, 7) is 4.23. The highest BCUT2D eigenvalue weighted by Gasteiger charge is 2.02. The van der Waals surface area contributed by atoms with Crippen LogP contribution in [0.4, 0.5) is 5.82 Å². The highest BCUT2D eigenvalue weighted by molar-refractivity contribution is 5.87. The number of hydrogen-bond acceptors (Lipinski definition) is 2. The summed E-state index contributed by atoms with van der Waals surface area (Å²) in [5, 5.41) is 5.60. The number of nitrogens with one attached hydrogen (secondary N) is 1. The molecule has 1 aromatic heterocycles. The molecule has 0 aliphatic rings. The number of fused-ring (bicyclic) bond motifs is 1. The first-order valence-corrected chi connectivity index (χ1v) is 5.32. The van der Waals surface area contributed by atoms with E-state index in [0.29, 0.717) is 0 Å². The Morgan fingerprint density at radius 3 is 2.73 bits per heavy atom. The predicted octanol–water partition coefficient (Wildman–Crippen LogP) is 3.15. The number of rotatable bonds is 2. The van der Waals surface area contributed by atoms with Gasteiger partial charge in [0.25, 0.3) is 0 Å². The molecule has 0 atom stereocenters. The van der Waals surface area contributed by atoms with Crippen molar-refractivity contribution in [3.63, 3.8) is 0 Å². The Morgan fingerprint density at radius 2 is 2.07 bits per heavy atom. The zero-order chi connectivity index (χ0) is 10.8. The number of aryl methyl sites for hydroxylation is 2. The topological polar surface area (TPSA) is 24.9 Å². The molecule has 0 spiro atoms. The molecule has 0 saturated heterocycles. The Hall–Kier alpha value is -1.57. The number of nitrogens with zero attached hydrogens (tertiary/aromatic N) is 1. The van der Waals surface area contributed by atoms with Crippen LogP contribution in [0.15, 0.2) is 24.3 Å². The van der Waals surface area contributed by atoms with Gasteiger partial charge in [-0.3, -0.25) is 0 Å². The van der Waals surface area contributed by atoms with E-state index in [0.717, 1.165) is 17.9 Å². The van der Waals surface area contributed by atoms with Crippen LogP contribution in [0.2, 0.25) is 0 Å². The van der Waals surface area contributed by atoms with Crippen molar-refractivity contribution in [2.24, 2.45) is 0 Å². The van der Waals surface area contributed by atoms with Gasteiger partial charge in [-0.1, -0.05) is 25.1 Å². The van der Waals surface area contributed by atoms with E-state index in [1.165, 1.54) is 16.3 Å². The maximum atomic E-state index is 4.46. The number of hydrogen-bond donors (Lipinski definition) is 1. The lowest BCUT2D eigenvalue weighted by atomic mass is 10.1. The van der Waals surface area contributed by atoms with Crippen molar-refractivity contribution >= 4 is 16.6 Å². The standard InChI is InChI=1S/C13H16N2/c1-4-10-5-6-12-9(2)15-13(14-3)8-11(12)7-10/h5-8H,4H2,1-3H3,(H,14,15). The van der Waals surface area contributed by atoms with Gasteiger partial charge in [0.2, 0.25) is 0 Å². The normalized spacial score (nSPS) is 10.6. The average molecular weight is 200 g/mol. The second kappa shape index (κ2) is 3.89. The SMILES string of the molecule is CCc1ccc2c(C)nc(NC)cc2c1. The smallest absolute Gasteiger partial charge is 0.126 e. The first kappa shape index (κ1) is 9.97. The van der Waals surface area contributed by atoms with Crippen LogP contribution in [0, 0.1) is 6.92 Å². The minimum absolute atomic E-state index is 0.938. The Bertz CT molecular complexity index is 484. The van der Waals surface area contributed by atoms with Crippen molar-refractivity contribution in [1.82, 2.24) is 4.98 Å². The minimum Gasteiger partial charge on any atom is -0.373 e. The van der Waals surface area contributed by atoms with Gasteiger partial charge in [-0.2, -0.15) is 0 Å². The van der Waals surface area contributed by atoms with Gasteiger partial charge < -0.3 is 5.32 Å². The van der Waals surface area contributed by atoms with Gasteiger partial charge >= 0.3 is 0 Å². The molecule has 0 aliphatic heterocycles. The maximum absolute atomic E-state index is 4.46. The molecule has 1 N–H and O–H groups in total. The fourth-order valence-corrected chi connectivity index (χ4v) is 1.83. The van der Waals surface area contributed by atoms with Gasteiger partial charge in [-0.15, -0.1) is 0 Å². The fraction of sp³-hybridized carbons (Fsp3) is 0.308. The molecule has 1 aromatic carbocycles.